The number of anilines is 1. The zero-order valence-electron chi connectivity index (χ0n) is 12.2. The van der Waals surface area contributed by atoms with Gasteiger partial charge in [-0.3, -0.25) is 0 Å². The molecule has 1 heterocycles. The summed E-state index contributed by atoms with van der Waals surface area (Å²) in [4.78, 5) is 0. The lowest BCUT2D eigenvalue weighted by molar-refractivity contribution is 0.615. The molecular formula is C20H19N. The first-order valence-corrected chi connectivity index (χ1v) is 7.65. The van der Waals surface area contributed by atoms with E-state index in [1.54, 1.807) is 0 Å². The summed E-state index contributed by atoms with van der Waals surface area (Å²) in [6, 6.07) is 24.7. The lowest BCUT2D eigenvalue weighted by atomic mass is 9.82. The predicted molar refractivity (Wildman–Crippen MR) is 89.9 cm³/mol. The summed E-state index contributed by atoms with van der Waals surface area (Å²) in [5.41, 5.74) is 4.13. The Balaban J connectivity index is 1.84. The van der Waals surface area contributed by atoms with Crippen molar-refractivity contribution in [3.8, 4) is 0 Å². The van der Waals surface area contributed by atoms with Gasteiger partial charge in [0.1, 0.15) is 0 Å². The molecule has 2 atom stereocenters. The fraction of sp³-hybridized carbons (Fsp3) is 0.200. The standard InChI is InChI=1S/C20H19N/c1-14-12-19(18-8-4-5-9-20(18)21-14)17-11-10-15-6-2-3-7-16(15)13-17/h2-11,13-14,19,21H,12H2,1H3. The van der Waals surface area contributed by atoms with Crippen LogP contribution in [0, 0.1) is 0 Å². The lowest BCUT2D eigenvalue weighted by Gasteiger charge is -2.31. The van der Waals surface area contributed by atoms with E-state index in [-0.39, 0.29) is 0 Å². The number of benzene rings is 3. The van der Waals surface area contributed by atoms with Gasteiger partial charge in [0, 0.05) is 17.6 Å². The van der Waals surface area contributed by atoms with Crippen molar-refractivity contribution < 1.29 is 0 Å². The SMILES string of the molecule is CC1CC(c2ccc3ccccc3c2)c2ccccc2N1. The molecule has 2 unspecified atom stereocenters. The zero-order valence-corrected chi connectivity index (χ0v) is 12.2. The maximum atomic E-state index is 3.60. The number of para-hydroxylation sites is 1. The van der Waals surface area contributed by atoms with Crippen LogP contribution in [0.4, 0.5) is 5.69 Å². The molecule has 3 aromatic carbocycles. The fourth-order valence-electron chi connectivity index (χ4n) is 3.48. The van der Waals surface area contributed by atoms with Crippen LogP contribution in [0.1, 0.15) is 30.4 Å². The minimum atomic E-state index is 0.488. The van der Waals surface area contributed by atoms with Crippen molar-refractivity contribution in [3.05, 3.63) is 77.9 Å². The summed E-state index contributed by atoms with van der Waals surface area (Å²) < 4.78 is 0. The van der Waals surface area contributed by atoms with Gasteiger partial charge in [0.05, 0.1) is 0 Å². The average molecular weight is 273 g/mol. The molecule has 1 aliphatic rings. The quantitative estimate of drug-likeness (QED) is 0.644. The van der Waals surface area contributed by atoms with E-state index < -0.39 is 0 Å². The van der Waals surface area contributed by atoms with E-state index in [0.29, 0.717) is 12.0 Å². The first kappa shape index (κ1) is 12.5. The van der Waals surface area contributed by atoms with Crippen LogP contribution in [0.3, 0.4) is 0 Å². The molecule has 0 radical (unpaired) electrons. The molecule has 0 spiro atoms. The van der Waals surface area contributed by atoms with Crippen molar-refractivity contribution in [1.29, 1.82) is 0 Å². The van der Waals surface area contributed by atoms with E-state index in [0.717, 1.165) is 6.42 Å². The number of rotatable bonds is 1. The molecule has 3 aromatic rings. The molecule has 21 heavy (non-hydrogen) atoms. The second-order valence-electron chi connectivity index (χ2n) is 6.03. The third-order valence-electron chi connectivity index (χ3n) is 4.50. The van der Waals surface area contributed by atoms with E-state index >= 15 is 0 Å². The molecule has 1 nitrogen and oxygen atoms in total. The van der Waals surface area contributed by atoms with E-state index in [9.17, 15) is 0 Å². The van der Waals surface area contributed by atoms with Crippen LogP contribution >= 0.6 is 0 Å². The Bertz CT molecular complexity index is 790. The van der Waals surface area contributed by atoms with E-state index in [2.05, 4.69) is 79.0 Å². The highest BCUT2D eigenvalue weighted by Crippen LogP contribution is 2.39. The number of fused-ring (bicyclic) bond motifs is 2. The summed E-state index contributed by atoms with van der Waals surface area (Å²) in [6.45, 7) is 2.27. The van der Waals surface area contributed by atoms with Gasteiger partial charge in [0.25, 0.3) is 0 Å². The minimum absolute atomic E-state index is 0.488. The highest BCUT2D eigenvalue weighted by atomic mass is 14.9. The maximum absolute atomic E-state index is 3.60. The maximum Gasteiger partial charge on any atom is 0.0381 e. The summed E-state index contributed by atoms with van der Waals surface area (Å²) >= 11 is 0. The molecule has 0 saturated heterocycles. The fourth-order valence-corrected chi connectivity index (χ4v) is 3.48. The van der Waals surface area contributed by atoms with Gasteiger partial charge in [0.2, 0.25) is 0 Å². The second kappa shape index (κ2) is 4.92. The van der Waals surface area contributed by atoms with Crippen LogP contribution in [-0.2, 0) is 0 Å². The Labute approximate surface area is 125 Å². The van der Waals surface area contributed by atoms with Crippen LogP contribution in [-0.4, -0.2) is 6.04 Å². The van der Waals surface area contributed by atoms with Crippen LogP contribution in [0.2, 0.25) is 0 Å². The van der Waals surface area contributed by atoms with Crippen molar-refractivity contribution >= 4 is 16.5 Å². The van der Waals surface area contributed by atoms with Crippen LogP contribution in [0.25, 0.3) is 10.8 Å². The molecule has 1 N–H and O–H groups in total. The highest BCUT2D eigenvalue weighted by molar-refractivity contribution is 5.83. The Morgan fingerprint density at radius 1 is 0.857 bits per heavy atom. The average Bonchev–Trinajstić information content (AvgIpc) is 2.53. The van der Waals surface area contributed by atoms with Crippen molar-refractivity contribution in [2.75, 3.05) is 5.32 Å². The smallest absolute Gasteiger partial charge is 0.0381 e. The van der Waals surface area contributed by atoms with Gasteiger partial charge in [-0.05, 0) is 41.3 Å². The first-order chi connectivity index (χ1) is 10.3. The second-order valence-corrected chi connectivity index (χ2v) is 6.03. The Hall–Kier alpha value is -2.28. The molecule has 0 aromatic heterocycles. The molecule has 0 fully saturated rings. The topological polar surface area (TPSA) is 12.0 Å². The monoisotopic (exact) mass is 273 g/mol. The molecule has 104 valence electrons. The van der Waals surface area contributed by atoms with Gasteiger partial charge in [-0.1, -0.05) is 60.7 Å². The zero-order chi connectivity index (χ0) is 14.2. The largest absolute Gasteiger partial charge is 0.382 e. The van der Waals surface area contributed by atoms with Crippen molar-refractivity contribution in [2.24, 2.45) is 0 Å². The van der Waals surface area contributed by atoms with Crippen molar-refractivity contribution in [2.45, 2.75) is 25.3 Å². The van der Waals surface area contributed by atoms with Crippen LogP contribution < -0.4 is 5.32 Å². The first-order valence-electron chi connectivity index (χ1n) is 7.65. The van der Waals surface area contributed by atoms with Gasteiger partial charge >= 0.3 is 0 Å². The van der Waals surface area contributed by atoms with Gasteiger partial charge in [-0.2, -0.15) is 0 Å². The van der Waals surface area contributed by atoms with Crippen LogP contribution in [0.5, 0.6) is 0 Å². The molecule has 1 aliphatic heterocycles. The van der Waals surface area contributed by atoms with E-state index in [4.69, 9.17) is 0 Å². The van der Waals surface area contributed by atoms with E-state index in [1.807, 2.05) is 0 Å². The van der Waals surface area contributed by atoms with Crippen molar-refractivity contribution in [3.63, 3.8) is 0 Å². The highest BCUT2D eigenvalue weighted by Gasteiger charge is 2.25. The van der Waals surface area contributed by atoms with Gasteiger partial charge in [0.15, 0.2) is 0 Å². The normalized spacial score (nSPS) is 20.8. The minimum Gasteiger partial charge on any atom is -0.382 e. The van der Waals surface area contributed by atoms with Crippen LogP contribution in [0.15, 0.2) is 66.7 Å². The Morgan fingerprint density at radius 2 is 1.62 bits per heavy atom. The summed E-state index contributed by atoms with van der Waals surface area (Å²) in [6.07, 6.45) is 1.15. The summed E-state index contributed by atoms with van der Waals surface area (Å²) in [7, 11) is 0. The lowest BCUT2D eigenvalue weighted by Crippen LogP contribution is -2.25. The Morgan fingerprint density at radius 3 is 2.52 bits per heavy atom. The molecule has 0 saturated carbocycles. The number of nitrogens with one attached hydrogen (secondary N) is 1. The van der Waals surface area contributed by atoms with Crippen molar-refractivity contribution in [1.82, 2.24) is 0 Å². The molecule has 1 heteroatoms. The van der Waals surface area contributed by atoms with E-state index in [1.165, 1.54) is 27.6 Å². The third-order valence-corrected chi connectivity index (χ3v) is 4.50. The molecule has 0 amide bonds. The molecule has 0 bridgehead atoms. The van der Waals surface area contributed by atoms with Gasteiger partial charge in [-0.25, -0.2) is 0 Å². The number of hydrogen-bond donors (Lipinski definition) is 1. The molecular weight excluding hydrogens is 254 g/mol. The molecule has 0 aliphatic carbocycles. The molecule has 4 rings (SSSR count). The van der Waals surface area contributed by atoms with Gasteiger partial charge in [-0.15, -0.1) is 0 Å². The predicted octanol–water partition coefficient (Wildman–Crippen LogP) is 5.18. The Kier molecular flexibility index (Phi) is 2.92. The number of hydrogen-bond acceptors (Lipinski definition) is 1. The summed E-state index contributed by atoms with van der Waals surface area (Å²) in [5.74, 6) is 0.488. The third kappa shape index (κ3) is 2.19. The van der Waals surface area contributed by atoms with Gasteiger partial charge < -0.3 is 5.32 Å². The summed E-state index contributed by atoms with van der Waals surface area (Å²) in [5, 5.41) is 6.25.